The van der Waals surface area contributed by atoms with E-state index in [1.807, 2.05) is 6.07 Å². The standard InChI is InChI=1S/C11H11N3OS/c12-4-9-1-2-10(5-13-9)14-6-8(7-16)3-11(14)15/h1-2,5,8,16H,3,6-7H2. The van der Waals surface area contributed by atoms with E-state index in [0.29, 0.717) is 30.3 Å². The Morgan fingerprint density at radius 3 is 2.94 bits per heavy atom. The predicted molar refractivity (Wildman–Crippen MR) is 63.3 cm³/mol. The van der Waals surface area contributed by atoms with Crippen molar-refractivity contribution in [3.8, 4) is 6.07 Å². The van der Waals surface area contributed by atoms with Gasteiger partial charge in [-0.1, -0.05) is 0 Å². The Morgan fingerprint density at radius 2 is 2.44 bits per heavy atom. The molecule has 16 heavy (non-hydrogen) atoms. The first-order valence-corrected chi connectivity index (χ1v) is 5.65. The monoisotopic (exact) mass is 233 g/mol. The van der Waals surface area contributed by atoms with E-state index in [2.05, 4.69) is 17.6 Å². The summed E-state index contributed by atoms with van der Waals surface area (Å²) in [4.78, 5) is 17.4. The number of anilines is 1. The molecule has 1 saturated heterocycles. The van der Waals surface area contributed by atoms with Crippen molar-refractivity contribution in [3.05, 3.63) is 24.0 Å². The second kappa shape index (κ2) is 4.54. The Bertz CT molecular complexity index is 438. The Morgan fingerprint density at radius 1 is 1.62 bits per heavy atom. The molecule has 1 amide bonds. The summed E-state index contributed by atoms with van der Waals surface area (Å²) in [6.45, 7) is 0.690. The van der Waals surface area contributed by atoms with Crippen LogP contribution in [0.3, 0.4) is 0 Å². The van der Waals surface area contributed by atoms with E-state index in [0.717, 1.165) is 5.69 Å². The van der Waals surface area contributed by atoms with Gasteiger partial charge in [0.15, 0.2) is 0 Å². The molecule has 2 heterocycles. The molecule has 0 aliphatic carbocycles. The van der Waals surface area contributed by atoms with Crippen molar-refractivity contribution in [2.45, 2.75) is 6.42 Å². The van der Waals surface area contributed by atoms with E-state index < -0.39 is 0 Å². The fourth-order valence-corrected chi connectivity index (χ4v) is 2.01. The zero-order valence-electron chi connectivity index (χ0n) is 8.63. The number of pyridine rings is 1. The van der Waals surface area contributed by atoms with Crippen molar-refractivity contribution in [2.75, 3.05) is 17.2 Å². The Balaban J connectivity index is 2.19. The summed E-state index contributed by atoms with van der Waals surface area (Å²) in [5, 5.41) is 8.62. The number of thiol groups is 1. The summed E-state index contributed by atoms with van der Waals surface area (Å²) in [6, 6.07) is 5.33. The van der Waals surface area contributed by atoms with E-state index in [9.17, 15) is 4.79 Å². The Kier molecular flexibility index (Phi) is 3.11. The third-order valence-corrected chi connectivity index (χ3v) is 3.15. The maximum atomic E-state index is 11.7. The number of hydrogen-bond acceptors (Lipinski definition) is 4. The van der Waals surface area contributed by atoms with Crippen LogP contribution in [-0.2, 0) is 4.79 Å². The molecule has 1 fully saturated rings. The molecule has 82 valence electrons. The quantitative estimate of drug-likeness (QED) is 0.782. The molecule has 0 N–H and O–H groups in total. The fourth-order valence-electron chi connectivity index (χ4n) is 1.77. The maximum absolute atomic E-state index is 11.7. The van der Waals surface area contributed by atoms with Crippen molar-refractivity contribution in [1.82, 2.24) is 4.98 Å². The van der Waals surface area contributed by atoms with Gasteiger partial charge in [-0.05, 0) is 23.8 Å². The van der Waals surface area contributed by atoms with Crippen LogP contribution in [-0.4, -0.2) is 23.2 Å². The summed E-state index contributed by atoms with van der Waals surface area (Å²) in [6.07, 6.45) is 2.11. The van der Waals surface area contributed by atoms with Crippen LogP contribution in [0.25, 0.3) is 0 Å². The molecule has 2 rings (SSSR count). The topological polar surface area (TPSA) is 57.0 Å². The molecule has 1 aliphatic rings. The van der Waals surface area contributed by atoms with Crippen LogP contribution in [0.15, 0.2) is 18.3 Å². The second-order valence-electron chi connectivity index (χ2n) is 3.77. The number of carbonyl (C=O) groups is 1. The molecule has 1 unspecified atom stereocenters. The van der Waals surface area contributed by atoms with Crippen LogP contribution in [0, 0.1) is 17.2 Å². The van der Waals surface area contributed by atoms with Gasteiger partial charge in [-0.2, -0.15) is 17.9 Å². The van der Waals surface area contributed by atoms with E-state index >= 15 is 0 Å². The number of aromatic nitrogens is 1. The van der Waals surface area contributed by atoms with Gasteiger partial charge in [0.05, 0.1) is 11.9 Å². The van der Waals surface area contributed by atoms with Crippen LogP contribution in [0.1, 0.15) is 12.1 Å². The first kappa shape index (κ1) is 11.0. The number of carbonyl (C=O) groups excluding carboxylic acids is 1. The first-order chi connectivity index (χ1) is 7.74. The average Bonchev–Trinajstić information content (AvgIpc) is 2.71. The van der Waals surface area contributed by atoms with Crippen molar-refractivity contribution < 1.29 is 4.79 Å². The molecule has 0 spiro atoms. The number of amides is 1. The molecule has 5 heteroatoms. The molecule has 4 nitrogen and oxygen atoms in total. The zero-order valence-corrected chi connectivity index (χ0v) is 9.52. The minimum Gasteiger partial charge on any atom is -0.311 e. The molecular formula is C11H11N3OS. The van der Waals surface area contributed by atoms with Gasteiger partial charge in [0, 0.05) is 13.0 Å². The van der Waals surface area contributed by atoms with Gasteiger partial charge in [0.25, 0.3) is 0 Å². The summed E-state index contributed by atoms with van der Waals surface area (Å²) >= 11 is 4.20. The predicted octanol–water partition coefficient (Wildman–Crippen LogP) is 1.24. The molecule has 1 aromatic rings. The highest BCUT2D eigenvalue weighted by molar-refractivity contribution is 7.80. The smallest absolute Gasteiger partial charge is 0.227 e. The molecule has 1 aliphatic heterocycles. The number of rotatable bonds is 2. The minimum absolute atomic E-state index is 0.102. The molecule has 1 atom stereocenters. The van der Waals surface area contributed by atoms with Gasteiger partial charge in [-0.3, -0.25) is 4.79 Å². The summed E-state index contributed by atoms with van der Waals surface area (Å²) < 4.78 is 0. The largest absolute Gasteiger partial charge is 0.311 e. The first-order valence-electron chi connectivity index (χ1n) is 5.02. The lowest BCUT2D eigenvalue weighted by Gasteiger charge is -2.15. The highest BCUT2D eigenvalue weighted by atomic mass is 32.1. The van der Waals surface area contributed by atoms with E-state index in [4.69, 9.17) is 5.26 Å². The van der Waals surface area contributed by atoms with E-state index in [1.54, 1.807) is 23.2 Å². The third kappa shape index (κ3) is 2.02. The Hall–Kier alpha value is -1.54. The molecule has 0 bridgehead atoms. The highest BCUT2D eigenvalue weighted by Gasteiger charge is 2.29. The molecule has 0 aromatic carbocycles. The van der Waals surface area contributed by atoms with Crippen LogP contribution < -0.4 is 4.90 Å². The normalized spacial score (nSPS) is 19.9. The lowest BCUT2D eigenvalue weighted by Crippen LogP contribution is -2.24. The molecule has 1 aromatic heterocycles. The van der Waals surface area contributed by atoms with Crippen LogP contribution in [0.5, 0.6) is 0 Å². The molecule has 0 saturated carbocycles. The van der Waals surface area contributed by atoms with Gasteiger partial charge in [0.2, 0.25) is 5.91 Å². The van der Waals surface area contributed by atoms with Gasteiger partial charge < -0.3 is 4.90 Å². The van der Waals surface area contributed by atoms with Gasteiger partial charge in [-0.25, -0.2) is 4.98 Å². The lowest BCUT2D eigenvalue weighted by molar-refractivity contribution is -0.117. The van der Waals surface area contributed by atoms with Gasteiger partial charge >= 0.3 is 0 Å². The molecule has 0 radical (unpaired) electrons. The van der Waals surface area contributed by atoms with E-state index in [1.165, 1.54) is 0 Å². The second-order valence-corrected chi connectivity index (χ2v) is 4.14. The average molecular weight is 233 g/mol. The van der Waals surface area contributed by atoms with Crippen molar-refractivity contribution >= 4 is 24.2 Å². The molecular weight excluding hydrogens is 222 g/mol. The summed E-state index contributed by atoms with van der Waals surface area (Å²) in [7, 11) is 0. The number of nitriles is 1. The van der Waals surface area contributed by atoms with Crippen LogP contribution in [0.2, 0.25) is 0 Å². The lowest BCUT2D eigenvalue weighted by atomic mass is 10.1. The summed E-state index contributed by atoms with van der Waals surface area (Å²) in [5.41, 5.74) is 1.12. The maximum Gasteiger partial charge on any atom is 0.227 e. The van der Waals surface area contributed by atoms with E-state index in [-0.39, 0.29) is 5.91 Å². The van der Waals surface area contributed by atoms with Crippen LogP contribution in [0.4, 0.5) is 5.69 Å². The van der Waals surface area contributed by atoms with Crippen LogP contribution >= 0.6 is 12.6 Å². The number of hydrogen-bond donors (Lipinski definition) is 1. The minimum atomic E-state index is 0.102. The fraction of sp³-hybridized carbons (Fsp3) is 0.364. The zero-order chi connectivity index (χ0) is 11.5. The van der Waals surface area contributed by atoms with Crippen molar-refractivity contribution in [2.24, 2.45) is 5.92 Å². The Labute approximate surface area is 99.3 Å². The van der Waals surface area contributed by atoms with Gasteiger partial charge in [0.1, 0.15) is 11.8 Å². The van der Waals surface area contributed by atoms with Crippen molar-refractivity contribution in [1.29, 1.82) is 5.26 Å². The van der Waals surface area contributed by atoms with Crippen molar-refractivity contribution in [3.63, 3.8) is 0 Å². The third-order valence-electron chi connectivity index (χ3n) is 2.64. The van der Waals surface area contributed by atoms with Gasteiger partial charge in [-0.15, -0.1) is 0 Å². The number of nitrogens with zero attached hydrogens (tertiary/aromatic N) is 3. The summed E-state index contributed by atoms with van der Waals surface area (Å²) in [5.74, 6) is 1.13. The SMILES string of the molecule is N#Cc1ccc(N2CC(CS)CC2=O)cn1. The highest BCUT2D eigenvalue weighted by Crippen LogP contribution is 2.24.